The van der Waals surface area contributed by atoms with Crippen LogP contribution in [-0.2, 0) is 0 Å². The number of anilines is 1. The van der Waals surface area contributed by atoms with Crippen molar-refractivity contribution in [1.29, 1.82) is 0 Å². The molecule has 0 unspecified atom stereocenters. The van der Waals surface area contributed by atoms with Crippen molar-refractivity contribution in [3.05, 3.63) is 18.3 Å². The Morgan fingerprint density at radius 3 is 2.71 bits per heavy atom. The van der Waals surface area contributed by atoms with Crippen LogP contribution in [0.4, 0.5) is 5.82 Å². The van der Waals surface area contributed by atoms with Crippen LogP contribution in [0.5, 0.6) is 0 Å². The van der Waals surface area contributed by atoms with Crippen molar-refractivity contribution in [2.45, 2.75) is 13.8 Å². The average Bonchev–Trinajstić information content (AvgIpc) is 2.19. The molecule has 0 bridgehead atoms. The number of hydrogen-bond donors (Lipinski definition) is 1. The van der Waals surface area contributed by atoms with Crippen molar-refractivity contribution in [1.82, 2.24) is 10.2 Å². The predicted octanol–water partition coefficient (Wildman–Crippen LogP) is 0.898. The molecule has 1 rings (SSSR count). The van der Waals surface area contributed by atoms with Gasteiger partial charge in [-0.3, -0.25) is 0 Å². The van der Waals surface area contributed by atoms with Crippen molar-refractivity contribution in [2.75, 3.05) is 25.0 Å². The zero-order valence-corrected chi connectivity index (χ0v) is 9.07. The summed E-state index contributed by atoms with van der Waals surface area (Å²) in [6, 6.07) is 3.83. The lowest BCUT2D eigenvalue weighted by molar-refractivity contribution is 0.384. The highest BCUT2D eigenvalue weighted by Gasteiger charge is 2.18. The van der Waals surface area contributed by atoms with Crippen LogP contribution in [0.2, 0.25) is 0 Å². The van der Waals surface area contributed by atoms with Crippen molar-refractivity contribution >= 4 is 5.82 Å². The lowest BCUT2D eigenvalue weighted by atomic mass is 9.93. The van der Waals surface area contributed by atoms with Crippen LogP contribution in [0.3, 0.4) is 0 Å². The summed E-state index contributed by atoms with van der Waals surface area (Å²) in [5.74, 6) is 0.883. The van der Waals surface area contributed by atoms with Crippen LogP contribution >= 0.6 is 0 Å². The Morgan fingerprint density at radius 2 is 2.21 bits per heavy atom. The first-order valence-corrected chi connectivity index (χ1v) is 4.74. The first kappa shape index (κ1) is 10.9. The largest absolute Gasteiger partial charge is 0.358 e. The van der Waals surface area contributed by atoms with Crippen molar-refractivity contribution in [2.24, 2.45) is 11.1 Å². The quantitative estimate of drug-likeness (QED) is 0.773. The van der Waals surface area contributed by atoms with Gasteiger partial charge in [-0.05, 0) is 24.1 Å². The van der Waals surface area contributed by atoms with Gasteiger partial charge in [0.05, 0.1) is 0 Å². The van der Waals surface area contributed by atoms with Crippen molar-refractivity contribution in [3.63, 3.8) is 0 Å². The van der Waals surface area contributed by atoms with E-state index in [1.165, 1.54) is 0 Å². The summed E-state index contributed by atoms with van der Waals surface area (Å²) in [6.45, 7) is 5.82. The number of hydrogen-bond acceptors (Lipinski definition) is 4. The van der Waals surface area contributed by atoms with E-state index < -0.39 is 0 Å². The summed E-state index contributed by atoms with van der Waals surface area (Å²) in [7, 11) is 2.00. The second-order valence-electron chi connectivity index (χ2n) is 4.31. The topological polar surface area (TPSA) is 55.0 Å². The molecule has 2 N–H and O–H groups in total. The highest BCUT2D eigenvalue weighted by molar-refractivity contribution is 5.35. The van der Waals surface area contributed by atoms with Crippen LogP contribution < -0.4 is 10.6 Å². The molecule has 0 saturated heterocycles. The number of rotatable bonds is 4. The highest BCUT2D eigenvalue weighted by Crippen LogP contribution is 2.17. The fourth-order valence-electron chi connectivity index (χ4n) is 1.28. The van der Waals surface area contributed by atoms with E-state index in [0.717, 1.165) is 12.4 Å². The van der Waals surface area contributed by atoms with Gasteiger partial charge in [-0.1, -0.05) is 13.8 Å². The van der Waals surface area contributed by atoms with E-state index in [1.807, 2.05) is 19.2 Å². The maximum Gasteiger partial charge on any atom is 0.150 e. The van der Waals surface area contributed by atoms with Gasteiger partial charge in [-0.25, -0.2) is 0 Å². The zero-order chi connectivity index (χ0) is 10.6. The van der Waals surface area contributed by atoms with Crippen molar-refractivity contribution < 1.29 is 0 Å². The molecule has 1 aromatic rings. The Balaban J connectivity index is 2.64. The molecule has 0 amide bonds. The molecule has 0 spiro atoms. The third-order valence-corrected chi connectivity index (χ3v) is 2.17. The smallest absolute Gasteiger partial charge is 0.150 e. The monoisotopic (exact) mass is 194 g/mol. The van der Waals surface area contributed by atoms with Crippen LogP contribution in [0, 0.1) is 5.41 Å². The van der Waals surface area contributed by atoms with E-state index in [4.69, 9.17) is 5.73 Å². The minimum atomic E-state index is 0.103. The number of nitrogens with two attached hydrogens (primary N) is 1. The van der Waals surface area contributed by atoms with Gasteiger partial charge in [-0.2, -0.15) is 5.10 Å². The van der Waals surface area contributed by atoms with Gasteiger partial charge in [0.15, 0.2) is 5.82 Å². The van der Waals surface area contributed by atoms with E-state index >= 15 is 0 Å². The zero-order valence-electron chi connectivity index (χ0n) is 9.07. The SMILES string of the molecule is CN(CC(C)(C)CN)c1cccnn1. The Kier molecular flexibility index (Phi) is 3.41. The van der Waals surface area contributed by atoms with Gasteiger partial charge in [0.2, 0.25) is 0 Å². The molecule has 1 aromatic heterocycles. The van der Waals surface area contributed by atoms with Crippen LogP contribution in [0.1, 0.15) is 13.8 Å². The molecule has 0 fully saturated rings. The molecule has 1 heterocycles. The number of aromatic nitrogens is 2. The van der Waals surface area contributed by atoms with Crippen LogP contribution in [-0.4, -0.2) is 30.3 Å². The highest BCUT2D eigenvalue weighted by atomic mass is 15.2. The lowest BCUT2D eigenvalue weighted by Gasteiger charge is -2.29. The molecule has 14 heavy (non-hydrogen) atoms. The van der Waals surface area contributed by atoms with E-state index in [9.17, 15) is 0 Å². The molecule has 0 saturated carbocycles. The predicted molar refractivity (Wildman–Crippen MR) is 58.1 cm³/mol. The van der Waals surface area contributed by atoms with Gasteiger partial charge in [0, 0.05) is 19.8 Å². The molecule has 4 nitrogen and oxygen atoms in total. The van der Waals surface area contributed by atoms with Gasteiger partial charge in [0.25, 0.3) is 0 Å². The van der Waals surface area contributed by atoms with Gasteiger partial charge in [0.1, 0.15) is 0 Å². The summed E-state index contributed by atoms with van der Waals surface area (Å²) >= 11 is 0. The van der Waals surface area contributed by atoms with Crippen LogP contribution in [0.25, 0.3) is 0 Å². The Bertz CT molecular complexity index is 271. The average molecular weight is 194 g/mol. The lowest BCUT2D eigenvalue weighted by Crippen LogP contribution is -2.37. The minimum Gasteiger partial charge on any atom is -0.358 e. The maximum atomic E-state index is 5.67. The first-order valence-electron chi connectivity index (χ1n) is 4.74. The second-order valence-corrected chi connectivity index (χ2v) is 4.31. The molecular formula is C10H18N4. The molecule has 78 valence electrons. The third-order valence-electron chi connectivity index (χ3n) is 2.17. The third kappa shape index (κ3) is 2.96. The maximum absolute atomic E-state index is 5.67. The molecule has 0 radical (unpaired) electrons. The Labute approximate surface area is 85.1 Å². The normalized spacial score (nSPS) is 11.4. The van der Waals surface area contributed by atoms with Gasteiger partial charge >= 0.3 is 0 Å². The summed E-state index contributed by atoms with van der Waals surface area (Å²) in [5, 5.41) is 7.87. The van der Waals surface area contributed by atoms with E-state index in [0.29, 0.717) is 6.54 Å². The Hall–Kier alpha value is -1.16. The second kappa shape index (κ2) is 4.37. The summed E-state index contributed by atoms with van der Waals surface area (Å²) < 4.78 is 0. The molecule has 4 heteroatoms. The molecule has 0 aliphatic heterocycles. The first-order chi connectivity index (χ1) is 6.55. The molecular weight excluding hydrogens is 176 g/mol. The van der Waals surface area contributed by atoms with E-state index in [1.54, 1.807) is 6.20 Å². The molecule has 0 aromatic carbocycles. The van der Waals surface area contributed by atoms with E-state index in [2.05, 4.69) is 28.9 Å². The van der Waals surface area contributed by atoms with Gasteiger partial charge < -0.3 is 10.6 Å². The van der Waals surface area contributed by atoms with Gasteiger partial charge in [-0.15, -0.1) is 5.10 Å². The van der Waals surface area contributed by atoms with Crippen molar-refractivity contribution in [3.8, 4) is 0 Å². The Morgan fingerprint density at radius 1 is 1.50 bits per heavy atom. The fourth-order valence-corrected chi connectivity index (χ4v) is 1.28. The number of nitrogens with zero attached hydrogens (tertiary/aromatic N) is 3. The molecule has 0 aliphatic carbocycles. The summed E-state index contributed by atoms with van der Waals surface area (Å²) in [4.78, 5) is 2.07. The minimum absolute atomic E-state index is 0.103. The molecule has 0 atom stereocenters. The standard InChI is InChI=1S/C10H18N4/c1-10(2,7-11)8-14(3)9-5-4-6-12-13-9/h4-6H,7-8,11H2,1-3H3. The summed E-state index contributed by atoms with van der Waals surface area (Å²) in [5.41, 5.74) is 5.77. The summed E-state index contributed by atoms with van der Waals surface area (Å²) in [6.07, 6.45) is 1.67. The van der Waals surface area contributed by atoms with Crippen LogP contribution in [0.15, 0.2) is 18.3 Å². The van der Waals surface area contributed by atoms with E-state index in [-0.39, 0.29) is 5.41 Å². The molecule has 0 aliphatic rings. The fraction of sp³-hybridized carbons (Fsp3) is 0.600.